The van der Waals surface area contributed by atoms with Crippen molar-refractivity contribution in [2.75, 3.05) is 20.2 Å². The fraction of sp³-hybridized carbons (Fsp3) is 0.769. The molecule has 0 saturated carbocycles. The summed E-state index contributed by atoms with van der Waals surface area (Å²) < 4.78 is 5.58. The summed E-state index contributed by atoms with van der Waals surface area (Å²) in [5, 5.41) is 0. The Hall–Kier alpha value is -1.02. The molecule has 0 unspecified atom stereocenters. The molecule has 0 atom stereocenters. The second-order valence-corrected chi connectivity index (χ2v) is 8.33. The highest BCUT2D eigenvalue weighted by Crippen LogP contribution is 2.20. The maximum Gasteiger partial charge on any atom is 0.123 e. The predicted octanol–water partition coefficient (Wildman–Crippen LogP) is 8.00. The maximum absolute atomic E-state index is 5.58. The minimum absolute atomic E-state index is 1.02. The number of nitrogens with zero attached hydrogens (tertiary/aromatic N) is 1. The van der Waals surface area contributed by atoms with Gasteiger partial charge >= 0.3 is 0 Å². The molecule has 0 bridgehead atoms. The predicted molar refractivity (Wildman–Crippen MR) is 124 cm³/mol. The van der Waals surface area contributed by atoms with Crippen LogP contribution in [0.5, 0.6) is 5.75 Å². The van der Waals surface area contributed by atoms with Gasteiger partial charge in [-0.1, -0.05) is 109 Å². The zero-order valence-electron chi connectivity index (χ0n) is 19.2. The lowest BCUT2D eigenvalue weighted by Gasteiger charge is -2.23. The van der Waals surface area contributed by atoms with Crippen molar-refractivity contribution in [3.05, 3.63) is 29.8 Å². The number of unbranched alkanes of at least 4 members (excludes halogenated alkanes) is 12. The number of rotatable bonds is 19. The zero-order valence-corrected chi connectivity index (χ0v) is 19.2. The van der Waals surface area contributed by atoms with Gasteiger partial charge in [0.1, 0.15) is 5.75 Å². The summed E-state index contributed by atoms with van der Waals surface area (Å²) in [5.41, 5.74) is 1.33. The Kier molecular flexibility index (Phi) is 16.1. The van der Waals surface area contributed by atoms with Crippen molar-refractivity contribution in [3.8, 4) is 5.75 Å². The smallest absolute Gasteiger partial charge is 0.123 e. The molecule has 0 saturated heterocycles. The minimum Gasteiger partial charge on any atom is -0.496 e. The van der Waals surface area contributed by atoms with Crippen molar-refractivity contribution in [1.29, 1.82) is 0 Å². The van der Waals surface area contributed by atoms with Crippen molar-refractivity contribution >= 4 is 0 Å². The van der Waals surface area contributed by atoms with Crippen LogP contribution in [-0.4, -0.2) is 25.1 Å². The van der Waals surface area contributed by atoms with E-state index < -0.39 is 0 Å². The van der Waals surface area contributed by atoms with Gasteiger partial charge in [-0.05, 0) is 32.0 Å². The van der Waals surface area contributed by atoms with Gasteiger partial charge in [0.05, 0.1) is 7.11 Å². The number of hydrogen-bond donors (Lipinski definition) is 0. The average molecular weight is 390 g/mol. The summed E-state index contributed by atoms with van der Waals surface area (Å²) >= 11 is 0. The molecule has 0 fully saturated rings. The summed E-state index contributed by atoms with van der Waals surface area (Å²) in [6.07, 6.45) is 19.4. The highest BCUT2D eigenvalue weighted by molar-refractivity contribution is 5.33. The topological polar surface area (TPSA) is 12.5 Å². The minimum atomic E-state index is 1.02. The Morgan fingerprint density at radius 1 is 0.643 bits per heavy atom. The monoisotopic (exact) mass is 389 g/mol. The van der Waals surface area contributed by atoms with E-state index in [1.807, 2.05) is 0 Å². The van der Waals surface area contributed by atoms with Crippen molar-refractivity contribution in [2.45, 2.75) is 110 Å². The molecule has 0 heterocycles. The van der Waals surface area contributed by atoms with Crippen molar-refractivity contribution in [1.82, 2.24) is 4.90 Å². The summed E-state index contributed by atoms with van der Waals surface area (Å²) in [6, 6.07) is 8.52. The molecule has 1 aromatic rings. The molecule has 0 aliphatic carbocycles. The molecular weight excluding hydrogens is 342 g/mol. The highest BCUT2D eigenvalue weighted by Gasteiger charge is 2.09. The van der Waals surface area contributed by atoms with Crippen molar-refractivity contribution in [2.24, 2.45) is 0 Å². The Balaban J connectivity index is 2.36. The number of ether oxygens (including phenoxy) is 1. The van der Waals surface area contributed by atoms with E-state index in [0.717, 1.165) is 12.3 Å². The SMILES string of the molecule is CCCCCCCCCN(CCCCCCCCC)Cc1ccccc1OC. The van der Waals surface area contributed by atoms with Crippen molar-refractivity contribution in [3.63, 3.8) is 0 Å². The third-order valence-electron chi connectivity index (χ3n) is 5.74. The molecule has 0 N–H and O–H groups in total. The van der Waals surface area contributed by atoms with Crippen LogP contribution in [-0.2, 0) is 6.54 Å². The first-order valence-electron chi connectivity index (χ1n) is 12.2. The van der Waals surface area contributed by atoms with Crippen LogP contribution in [0.2, 0.25) is 0 Å². The fourth-order valence-corrected chi connectivity index (χ4v) is 3.93. The largest absolute Gasteiger partial charge is 0.496 e. The molecule has 0 radical (unpaired) electrons. The molecule has 0 aliphatic heterocycles. The van der Waals surface area contributed by atoms with Crippen LogP contribution in [0.4, 0.5) is 0 Å². The van der Waals surface area contributed by atoms with Crippen molar-refractivity contribution < 1.29 is 4.74 Å². The van der Waals surface area contributed by atoms with E-state index in [2.05, 4.69) is 43.0 Å². The second kappa shape index (κ2) is 18.0. The lowest BCUT2D eigenvalue weighted by molar-refractivity contribution is 0.248. The van der Waals surface area contributed by atoms with E-state index in [1.54, 1.807) is 7.11 Å². The maximum atomic E-state index is 5.58. The van der Waals surface area contributed by atoms with Gasteiger partial charge in [-0.15, -0.1) is 0 Å². The van der Waals surface area contributed by atoms with Crippen LogP contribution in [0, 0.1) is 0 Å². The molecule has 0 spiro atoms. The molecule has 1 rings (SSSR count). The first-order valence-corrected chi connectivity index (χ1v) is 12.2. The van der Waals surface area contributed by atoms with Gasteiger partial charge in [-0.25, -0.2) is 0 Å². The van der Waals surface area contributed by atoms with Crippen LogP contribution in [0.3, 0.4) is 0 Å². The lowest BCUT2D eigenvalue weighted by atomic mass is 10.1. The van der Waals surface area contributed by atoms with E-state index in [9.17, 15) is 0 Å². The molecule has 2 heteroatoms. The van der Waals surface area contributed by atoms with Crippen LogP contribution >= 0.6 is 0 Å². The summed E-state index contributed by atoms with van der Waals surface area (Å²) in [4.78, 5) is 2.66. The summed E-state index contributed by atoms with van der Waals surface area (Å²) in [6.45, 7) is 8.05. The standard InChI is InChI=1S/C26H47NO/c1-4-6-8-10-12-14-18-22-27(23-19-15-13-11-9-7-5-2)24-25-20-16-17-21-26(25)28-3/h16-17,20-21H,4-15,18-19,22-24H2,1-3H3. The van der Waals surface area contributed by atoms with E-state index in [-0.39, 0.29) is 0 Å². The van der Waals surface area contributed by atoms with Gasteiger partial charge in [-0.3, -0.25) is 4.90 Å². The Morgan fingerprint density at radius 3 is 1.61 bits per heavy atom. The van der Waals surface area contributed by atoms with Gasteiger partial charge in [0.15, 0.2) is 0 Å². The molecule has 162 valence electrons. The molecule has 2 nitrogen and oxygen atoms in total. The van der Waals surface area contributed by atoms with Gasteiger partial charge < -0.3 is 4.74 Å². The number of para-hydroxylation sites is 1. The third-order valence-corrected chi connectivity index (χ3v) is 5.74. The number of hydrogen-bond acceptors (Lipinski definition) is 2. The molecule has 1 aromatic carbocycles. The van der Waals surface area contributed by atoms with Gasteiger partial charge in [0.25, 0.3) is 0 Å². The first-order chi connectivity index (χ1) is 13.8. The summed E-state index contributed by atoms with van der Waals surface area (Å²) in [5.74, 6) is 1.03. The molecule has 0 aromatic heterocycles. The Bertz CT molecular complexity index is 442. The Morgan fingerprint density at radius 2 is 1.11 bits per heavy atom. The van der Waals surface area contributed by atoms with E-state index in [4.69, 9.17) is 4.74 Å². The van der Waals surface area contributed by atoms with Gasteiger partial charge in [-0.2, -0.15) is 0 Å². The van der Waals surface area contributed by atoms with Crippen LogP contribution in [0.15, 0.2) is 24.3 Å². The fourth-order valence-electron chi connectivity index (χ4n) is 3.93. The molecule has 28 heavy (non-hydrogen) atoms. The zero-order chi connectivity index (χ0) is 20.3. The quantitative estimate of drug-likeness (QED) is 0.222. The second-order valence-electron chi connectivity index (χ2n) is 8.33. The average Bonchev–Trinajstić information content (AvgIpc) is 2.72. The number of methoxy groups -OCH3 is 1. The first kappa shape index (κ1) is 25.0. The Labute approximate surface area is 176 Å². The van der Waals surface area contributed by atoms with Gasteiger partial charge in [0, 0.05) is 12.1 Å². The van der Waals surface area contributed by atoms with E-state index in [0.29, 0.717) is 0 Å². The van der Waals surface area contributed by atoms with E-state index in [1.165, 1.54) is 109 Å². The van der Waals surface area contributed by atoms with Gasteiger partial charge in [0.2, 0.25) is 0 Å². The van der Waals surface area contributed by atoms with Crippen LogP contribution in [0.1, 0.15) is 109 Å². The normalized spacial score (nSPS) is 11.3. The molecule has 0 amide bonds. The third kappa shape index (κ3) is 12.4. The molecule has 0 aliphatic rings. The molecular formula is C26H47NO. The number of benzene rings is 1. The van der Waals surface area contributed by atoms with Crippen LogP contribution in [0.25, 0.3) is 0 Å². The van der Waals surface area contributed by atoms with E-state index >= 15 is 0 Å². The highest BCUT2D eigenvalue weighted by atomic mass is 16.5. The lowest BCUT2D eigenvalue weighted by Crippen LogP contribution is -2.26. The summed E-state index contributed by atoms with van der Waals surface area (Å²) in [7, 11) is 1.79. The van der Waals surface area contributed by atoms with Crippen LogP contribution < -0.4 is 4.74 Å².